The smallest absolute Gasteiger partial charge is 0.0458 e. The molecule has 0 N–H and O–H groups in total. The van der Waals surface area contributed by atoms with Crippen molar-refractivity contribution < 1.29 is 0 Å². The van der Waals surface area contributed by atoms with Gasteiger partial charge in [0.2, 0.25) is 0 Å². The zero-order valence-electron chi connectivity index (χ0n) is 10.9. The Morgan fingerprint density at radius 2 is 2.18 bits per heavy atom. The van der Waals surface area contributed by atoms with E-state index >= 15 is 0 Å². The number of para-hydroxylation sites is 1. The van der Waals surface area contributed by atoms with E-state index in [-0.39, 0.29) is 0 Å². The summed E-state index contributed by atoms with van der Waals surface area (Å²) in [5.41, 5.74) is 4.55. The lowest BCUT2D eigenvalue weighted by Crippen LogP contribution is -2.38. The molecule has 0 amide bonds. The standard InChI is InChI=1S/C15H22N2/c1-3-16-8-5-9-17-14(11-16)10-13-7-4-6-12(2)15(13)17/h4,6-7,14H,3,5,8-11H2,1-2H3. The summed E-state index contributed by atoms with van der Waals surface area (Å²) < 4.78 is 0. The lowest BCUT2D eigenvalue weighted by molar-refractivity contribution is 0.288. The molecule has 1 saturated heterocycles. The predicted octanol–water partition coefficient (Wildman–Crippen LogP) is 2.45. The van der Waals surface area contributed by atoms with Crippen molar-refractivity contribution in [1.82, 2.24) is 4.90 Å². The largest absolute Gasteiger partial charge is 0.366 e. The molecule has 1 atom stereocenters. The van der Waals surface area contributed by atoms with E-state index in [1.54, 1.807) is 5.56 Å². The second-order valence-electron chi connectivity index (χ2n) is 5.38. The van der Waals surface area contributed by atoms with Gasteiger partial charge < -0.3 is 9.80 Å². The lowest BCUT2D eigenvalue weighted by Gasteiger charge is -2.27. The Bertz CT molecular complexity index is 413. The molecule has 1 fully saturated rings. The normalized spacial score (nSPS) is 24.4. The molecule has 1 unspecified atom stereocenters. The topological polar surface area (TPSA) is 6.48 Å². The average Bonchev–Trinajstić information content (AvgIpc) is 2.55. The summed E-state index contributed by atoms with van der Waals surface area (Å²) in [4.78, 5) is 5.27. The highest BCUT2D eigenvalue weighted by Gasteiger charge is 2.32. The third-order valence-electron chi connectivity index (χ3n) is 4.29. The second-order valence-corrected chi connectivity index (χ2v) is 5.38. The van der Waals surface area contributed by atoms with Crippen LogP contribution >= 0.6 is 0 Å². The minimum absolute atomic E-state index is 0.716. The first-order valence-corrected chi connectivity index (χ1v) is 6.87. The summed E-state index contributed by atoms with van der Waals surface area (Å²) in [6, 6.07) is 7.49. The number of benzene rings is 1. The van der Waals surface area contributed by atoms with Gasteiger partial charge in [-0.3, -0.25) is 0 Å². The van der Waals surface area contributed by atoms with E-state index < -0.39 is 0 Å². The average molecular weight is 230 g/mol. The van der Waals surface area contributed by atoms with Crippen LogP contribution in [0.15, 0.2) is 18.2 Å². The summed E-state index contributed by atoms with van der Waals surface area (Å²) >= 11 is 0. The van der Waals surface area contributed by atoms with E-state index in [0.29, 0.717) is 6.04 Å². The Hall–Kier alpha value is -1.02. The Morgan fingerprint density at radius 3 is 3.00 bits per heavy atom. The van der Waals surface area contributed by atoms with E-state index in [0.717, 1.165) is 0 Å². The fourth-order valence-corrected chi connectivity index (χ4v) is 3.44. The third kappa shape index (κ3) is 1.85. The van der Waals surface area contributed by atoms with Crippen LogP contribution in [0.3, 0.4) is 0 Å². The number of hydrogen-bond acceptors (Lipinski definition) is 2. The Morgan fingerprint density at radius 1 is 1.29 bits per heavy atom. The maximum Gasteiger partial charge on any atom is 0.0458 e. The highest BCUT2D eigenvalue weighted by molar-refractivity contribution is 5.64. The molecule has 17 heavy (non-hydrogen) atoms. The monoisotopic (exact) mass is 230 g/mol. The molecule has 0 aliphatic carbocycles. The predicted molar refractivity (Wildman–Crippen MR) is 72.7 cm³/mol. The quantitative estimate of drug-likeness (QED) is 0.731. The van der Waals surface area contributed by atoms with Crippen LogP contribution in [-0.2, 0) is 6.42 Å². The van der Waals surface area contributed by atoms with Gasteiger partial charge in [-0.15, -0.1) is 0 Å². The highest BCUT2D eigenvalue weighted by Crippen LogP contribution is 2.36. The van der Waals surface area contributed by atoms with Crippen molar-refractivity contribution in [2.45, 2.75) is 32.7 Å². The number of aryl methyl sites for hydroxylation is 1. The van der Waals surface area contributed by atoms with E-state index in [1.807, 2.05) is 0 Å². The molecule has 3 rings (SSSR count). The molecule has 2 heterocycles. The molecule has 2 nitrogen and oxygen atoms in total. The van der Waals surface area contributed by atoms with E-state index in [4.69, 9.17) is 0 Å². The van der Waals surface area contributed by atoms with Crippen molar-refractivity contribution in [3.8, 4) is 0 Å². The first kappa shape index (κ1) is 11.1. The summed E-state index contributed by atoms with van der Waals surface area (Å²) in [7, 11) is 0. The Balaban J connectivity index is 1.92. The number of anilines is 1. The maximum absolute atomic E-state index is 2.67. The molecule has 2 aliphatic rings. The van der Waals surface area contributed by atoms with Gasteiger partial charge in [-0.1, -0.05) is 25.1 Å². The minimum atomic E-state index is 0.716. The van der Waals surface area contributed by atoms with Crippen LogP contribution < -0.4 is 4.90 Å². The molecule has 0 saturated carbocycles. The van der Waals surface area contributed by atoms with Crippen LogP contribution in [0.1, 0.15) is 24.5 Å². The number of likely N-dealkylation sites (N-methyl/N-ethyl adjacent to an activating group) is 1. The van der Waals surface area contributed by atoms with Crippen molar-refractivity contribution >= 4 is 5.69 Å². The number of fused-ring (bicyclic) bond motifs is 3. The fourth-order valence-electron chi connectivity index (χ4n) is 3.44. The van der Waals surface area contributed by atoms with Crippen molar-refractivity contribution in [3.05, 3.63) is 29.3 Å². The molecular formula is C15H22N2. The summed E-state index contributed by atoms with van der Waals surface area (Å²) in [5, 5.41) is 0. The molecule has 2 aliphatic heterocycles. The van der Waals surface area contributed by atoms with Gasteiger partial charge in [-0.05, 0) is 44.0 Å². The number of rotatable bonds is 1. The summed E-state index contributed by atoms with van der Waals surface area (Å²) in [6.07, 6.45) is 2.55. The van der Waals surface area contributed by atoms with Crippen LogP contribution in [0.2, 0.25) is 0 Å². The van der Waals surface area contributed by atoms with E-state index in [9.17, 15) is 0 Å². The molecule has 0 bridgehead atoms. The van der Waals surface area contributed by atoms with Gasteiger partial charge in [-0.25, -0.2) is 0 Å². The van der Waals surface area contributed by atoms with Crippen LogP contribution in [0, 0.1) is 6.92 Å². The van der Waals surface area contributed by atoms with Crippen LogP contribution in [-0.4, -0.2) is 37.1 Å². The van der Waals surface area contributed by atoms with Crippen molar-refractivity contribution in [1.29, 1.82) is 0 Å². The molecule has 0 spiro atoms. The van der Waals surface area contributed by atoms with Gasteiger partial charge in [0, 0.05) is 24.8 Å². The molecule has 92 valence electrons. The zero-order chi connectivity index (χ0) is 11.8. The van der Waals surface area contributed by atoms with Crippen LogP contribution in [0.5, 0.6) is 0 Å². The Kier molecular flexibility index (Phi) is 2.83. The molecular weight excluding hydrogens is 208 g/mol. The third-order valence-corrected chi connectivity index (χ3v) is 4.29. The fraction of sp³-hybridized carbons (Fsp3) is 0.600. The molecule has 0 aromatic heterocycles. The summed E-state index contributed by atoms with van der Waals surface area (Å²) in [6.45, 7) is 9.47. The van der Waals surface area contributed by atoms with Gasteiger partial charge in [-0.2, -0.15) is 0 Å². The van der Waals surface area contributed by atoms with Crippen molar-refractivity contribution in [2.24, 2.45) is 0 Å². The molecule has 2 heteroatoms. The second kappa shape index (κ2) is 4.34. The Labute approximate surface area is 104 Å². The van der Waals surface area contributed by atoms with Crippen LogP contribution in [0.4, 0.5) is 5.69 Å². The van der Waals surface area contributed by atoms with Crippen LogP contribution in [0.25, 0.3) is 0 Å². The molecule has 1 aromatic carbocycles. The lowest BCUT2D eigenvalue weighted by atomic mass is 10.1. The van der Waals surface area contributed by atoms with E-state index in [1.165, 1.54) is 50.3 Å². The van der Waals surface area contributed by atoms with Crippen molar-refractivity contribution in [3.63, 3.8) is 0 Å². The molecule has 0 radical (unpaired) electrons. The zero-order valence-corrected chi connectivity index (χ0v) is 10.9. The van der Waals surface area contributed by atoms with Crippen molar-refractivity contribution in [2.75, 3.05) is 31.1 Å². The SMILES string of the molecule is CCN1CCCN2c3c(C)cccc3CC2C1. The molecule has 1 aromatic rings. The minimum Gasteiger partial charge on any atom is -0.366 e. The number of nitrogens with zero attached hydrogens (tertiary/aromatic N) is 2. The number of hydrogen-bond donors (Lipinski definition) is 0. The van der Waals surface area contributed by atoms with Gasteiger partial charge in [0.25, 0.3) is 0 Å². The maximum atomic E-state index is 2.67. The first-order chi connectivity index (χ1) is 8.29. The summed E-state index contributed by atoms with van der Waals surface area (Å²) in [5.74, 6) is 0. The first-order valence-electron chi connectivity index (χ1n) is 6.87. The van der Waals surface area contributed by atoms with E-state index in [2.05, 4.69) is 41.8 Å². The van der Waals surface area contributed by atoms with Gasteiger partial charge >= 0.3 is 0 Å². The van der Waals surface area contributed by atoms with Gasteiger partial charge in [0.05, 0.1) is 0 Å². The highest BCUT2D eigenvalue weighted by atomic mass is 15.3. The van der Waals surface area contributed by atoms with Gasteiger partial charge in [0.1, 0.15) is 0 Å². The van der Waals surface area contributed by atoms with Gasteiger partial charge in [0.15, 0.2) is 0 Å².